The maximum absolute atomic E-state index is 4.17. The first-order valence-electron chi connectivity index (χ1n) is 4.73. The van der Waals surface area contributed by atoms with Crippen LogP contribution in [0.1, 0.15) is 6.92 Å². The average molecular weight is 180 g/mol. The molecule has 1 unspecified atom stereocenters. The van der Waals surface area contributed by atoms with Crippen LogP contribution in [0, 0.1) is 0 Å². The summed E-state index contributed by atoms with van der Waals surface area (Å²) in [4.78, 5) is 2.37. The summed E-state index contributed by atoms with van der Waals surface area (Å²) in [6.45, 7) is 5.41. The SMILES string of the molecule is CC1CN(c2ccnn2C)CCN1. The first-order valence-corrected chi connectivity index (χ1v) is 4.73. The summed E-state index contributed by atoms with van der Waals surface area (Å²) in [6, 6.07) is 2.64. The van der Waals surface area contributed by atoms with Gasteiger partial charge in [0.15, 0.2) is 0 Å². The molecule has 4 heteroatoms. The van der Waals surface area contributed by atoms with E-state index in [4.69, 9.17) is 0 Å². The highest BCUT2D eigenvalue weighted by atomic mass is 15.4. The van der Waals surface area contributed by atoms with E-state index in [1.807, 2.05) is 17.9 Å². The lowest BCUT2D eigenvalue weighted by atomic mass is 10.2. The first-order chi connectivity index (χ1) is 6.27. The van der Waals surface area contributed by atoms with Gasteiger partial charge in [-0.2, -0.15) is 5.10 Å². The number of rotatable bonds is 1. The maximum Gasteiger partial charge on any atom is 0.126 e. The maximum atomic E-state index is 4.17. The van der Waals surface area contributed by atoms with Crippen molar-refractivity contribution in [1.29, 1.82) is 0 Å². The van der Waals surface area contributed by atoms with Crippen LogP contribution in [0.2, 0.25) is 0 Å². The van der Waals surface area contributed by atoms with Crippen LogP contribution in [-0.2, 0) is 7.05 Å². The third-order valence-corrected chi connectivity index (χ3v) is 2.49. The van der Waals surface area contributed by atoms with E-state index in [0.717, 1.165) is 19.6 Å². The van der Waals surface area contributed by atoms with Gasteiger partial charge in [-0.15, -0.1) is 0 Å². The molecule has 0 aromatic carbocycles. The molecule has 1 N–H and O–H groups in total. The van der Waals surface area contributed by atoms with E-state index in [1.165, 1.54) is 5.82 Å². The van der Waals surface area contributed by atoms with Gasteiger partial charge in [-0.25, -0.2) is 0 Å². The van der Waals surface area contributed by atoms with Gasteiger partial charge in [-0.3, -0.25) is 4.68 Å². The van der Waals surface area contributed by atoms with Gasteiger partial charge in [0.1, 0.15) is 5.82 Å². The Morgan fingerprint density at radius 3 is 3.08 bits per heavy atom. The van der Waals surface area contributed by atoms with Crippen LogP contribution in [0.15, 0.2) is 12.3 Å². The second kappa shape index (κ2) is 3.38. The lowest BCUT2D eigenvalue weighted by Crippen LogP contribution is -2.49. The second-order valence-electron chi connectivity index (χ2n) is 3.61. The van der Waals surface area contributed by atoms with Gasteiger partial charge in [-0.1, -0.05) is 0 Å². The quantitative estimate of drug-likeness (QED) is 0.671. The molecule has 13 heavy (non-hydrogen) atoms. The summed E-state index contributed by atoms with van der Waals surface area (Å²) in [5.74, 6) is 1.22. The summed E-state index contributed by atoms with van der Waals surface area (Å²) >= 11 is 0. The molecule has 2 heterocycles. The molecule has 72 valence electrons. The zero-order chi connectivity index (χ0) is 9.26. The van der Waals surface area contributed by atoms with Crippen LogP contribution in [0.3, 0.4) is 0 Å². The van der Waals surface area contributed by atoms with Crippen molar-refractivity contribution in [3.63, 3.8) is 0 Å². The van der Waals surface area contributed by atoms with Crippen LogP contribution in [-0.4, -0.2) is 35.5 Å². The van der Waals surface area contributed by atoms with E-state index in [9.17, 15) is 0 Å². The Morgan fingerprint density at radius 2 is 2.46 bits per heavy atom. The van der Waals surface area contributed by atoms with Crippen molar-refractivity contribution in [3.8, 4) is 0 Å². The van der Waals surface area contributed by atoms with Gasteiger partial charge in [0.25, 0.3) is 0 Å². The van der Waals surface area contributed by atoms with E-state index >= 15 is 0 Å². The third-order valence-electron chi connectivity index (χ3n) is 2.49. The van der Waals surface area contributed by atoms with Gasteiger partial charge < -0.3 is 10.2 Å². The predicted octanol–water partition coefficient (Wildman–Crippen LogP) is 0.218. The molecular weight excluding hydrogens is 164 g/mol. The standard InChI is InChI=1S/C9H16N4/c1-8-7-13(6-5-10-8)9-3-4-11-12(9)2/h3-4,8,10H,5-7H2,1-2H3. The van der Waals surface area contributed by atoms with Crippen LogP contribution in [0.4, 0.5) is 5.82 Å². The number of anilines is 1. The smallest absolute Gasteiger partial charge is 0.126 e. The minimum atomic E-state index is 0.573. The largest absolute Gasteiger partial charge is 0.354 e. The number of hydrogen-bond acceptors (Lipinski definition) is 3. The zero-order valence-corrected chi connectivity index (χ0v) is 8.20. The summed E-state index contributed by atoms with van der Waals surface area (Å²) in [5.41, 5.74) is 0. The molecule has 0 spiro atoms. The van der Waals surface area contributed by atoms with Crippen LogP contribution >= 0.6 is 0 Å². The number of piperazine rings is 1. The monoisotopic (exact) mass is 180 g/mol. The minimum Gasteiger partial charge on any atom is -0.354 e. The van der Waals surface area contributed by atoms with Crippen molar-refractivity contribution < 1.29 is 0 Å². The molecule has 0 bridgehead atoms. The number of aromatic nitrogens is 2. The van der Waals surface area contributed by atoms with Crippen molar-refractivity contribution in [3.05, 3.63) is 12.3 Å². The summed E-state index contributed by atoms with van der Waals surface area (Å²) in [5, 5.41) is 7.59. The van der Waals surface area contributed by atoms with E-state index < -0.39 is 0 Å². The highest BCUT2D eigenvalue weighted by Gasteiger charge is 2.17. The number of aryl methyl sites for hydroxylation is 1. The Balaban J connectivity index is 2.12. The number of nitrogens with zero attached hydrogens (tertiary/aromatic N) is 3. The molecule has 1 aliphatic heterocycles. The van der Waals surface area contributed by atoms with Gasteiger partial charge in [-0.05, 0) is 6.92 Å². The molecule has 4 nitrogen and oxygen atoms in total. The number of hydrogen-bond donors (Lipinski definition) is 1. The normalized spacial score (nSPS) is 23.5. The fourth-order valence-corrected chi connectivity index (χ4v) is 1.82. The highest BCUT2D eigenvalue weighted by Crippen LogP contribution is 2.13. The van der Waals surface area contributed by atoms with Crippen LogP contribution in [0.25, 0.3) is 0 Å². The molecule has 1 aromatic rings. The Morgan fingerprint density at radius 1 is 1.62 bits per heavy atom. The fourth-order valence-electron chi connectivity index (χ4n) is 1.82. The molecule has 1 saturated heterocycles. The molecule has 0 amide bonds. The van der Waals surface area contributed by atoms with E-state index in [1.54, 1.807) is 0 Å². The Labute approximate surface area is 78.5 Å². The van der Waals surface area contributed by atoms with E-state index in [0.29, 0.717) is 6.04 Å². The first kappa shape index (κ1) is 8.56. The second-order valence-corrected chi connectivity index (χ2v) is 3.61. The lowest BCUT2D eigenvalue weighted by Gasteiger charge is -2.33. The van der Waals surface area contributed by atoms with Crippen LogP contribution in [0.5, 0.6) is 0 Å². The molecule has 1 aromatic heterocycles. The van der Waals surface area contributed by atoms with E-state index in [2.05, 4.69) is 28.3 Å². The van der Waals surface area contributed by atoms with Crippen molar-refractivity contribution >= 4 is 5.82 Å². The molecular formula is C9H16N4. The average Bonchev–Trinajstić information content (AvgIpc) is 2.51. The van der Waals surface area contributed by atoms with Crippen molar-refractivity contribution in [2.45, 2.75) is 13.0 Å². The van der Waals surface area contributed by atoms with Crippen molar-refractivity contribution in [2.75, 3.05) is 24.5 Å². The minimum absolute atomic E-state index is 0.573. The fraction of sp³-hybridized carbons (Fsp3) is 0.667. The lowest BCUT2D eigenvalue weighted by molar-refractivity contribution is 0.477. The van der Waals surface area contributed by atoms with Crippen molar-refractivity contribution in [1.82, 2.24) is 15.1 Å². The Hall–Kier alpha value is -1.03. The van der Waals surface area contributed by atoms with Gasteiger partial charge in [0, 0.05) is 38.8 Å². The molecule has 0 saturated carbocycles. The van der Waals surface area contributed by atoms with E-state index in [-0.39, 0.29) is 0 Å². The van der Waals surface area contributed by atoms with Gasteiger partial charge >= 0.3 is 0 Å². The van der Waals surface area contributed by atoms with Gasteiger partial charge in [0.2, 0.25) is 0 Å². The molecule has 1 atom stereocenters. The zero-order valence-electron chi connectivity index (χ0n) is 8.20. The van der Waals surface area contributed by atoms with Crippen LogP contribution < -0.4 is 10.2 Å². The van der Waals surface area contributed by atoms with Gasteiger partial charge in [0.05, 0.1) is 6.20 Å². The predicted molar refractivity (Wildman–Crippen MR) is 52.9 cm³/mol. The molecule has 1 fully saturated rings. The Bertz CT molecular complexity index is 281. The Kier molecular flexibility index (Phi) is 2.22. The highest BCUT2D eigenvalue weighted by molar-refractivity contribution is 5.38. The summed E-state index contributed by atoms with van der Waals surface area (Å²) in [7, 11) is 1.99. The molecule has 1 aliphatic rings. The number of nitrogens with one attached hydrogen (secondary N) is 1. The summed E-state index contributed by atoms with van der Waals surface area (Å²) in [6.07, 6.45) is 1.85. The summed E-state index contributed by atoms with van der Waals surface area (Å²) < 4.78 is 1.93. The van der Waals surface area contributed by atoms with Crippen molar-refractivity contribution in [2.24, 2.45) is 7.05 Å². The molecule has 0 radical (unpaired) electrons. The molecule has 0 aliphatic carbocycles. The molecule has 2 rings (SSSR count). The topological polar surface area (TPSA) is 33.1 Å². The third kappa shape index (κ3) is 1.67.